The van der Waals surface area contributed by atoms with Crippen molar-refractivity contribution in [2.24, 2.45) is 11.8 Å². The molecule has 0 aromatic heterocycles. The first-order valence-electron chi connectivity index (χ1n) is 8.77. The molecule has 1 saturated heterocycles. The molecule has 1 atom stereocenters. The number of ether oxygens (including phenoxy) is 2. The average Bonchev–Trinajstić information content (AvgIpc) is 2.57. The number of nitrogens with one attached hydrogen (secondary N) is 2. The summed E-state index contributed by atoms with van der Waals surface area (Å²) in [5.74, 6) is 1.42. The molecule has 25 heavy (non-hydrogen) atoms. The Bertz CT molecular complexity index is 645. The van der Waals surface area contributed by atoms with Crippen molar-refractivity contribution in [1.29, 1.82) is 0 Å². The molecule has 0 radical (unpaired) electrons. The summed E-state index contributed by atoms with van der Waals surface area (Å²) >= 11 is 0. The van der Waals surface area contributed by atoms with E-state index in [4.69, 9.17) is 9.47 Å². The number of carbonyl (C=O) groups excluding carboxylic acids is 2. The number of hydrogen-bond donors (Lipinski definition) is 2. The van der Waals surface area contributed by atoms with E-state index in [1.807, 2.05) is 13.8 Å². The van der Waals surface area contributed by atoms with Gasteiger partial charge < -0.3 is 25.0 Å². The zero-order valence-corrected chi connectivity index (χ0v) is 14.7. The second-order valence-corrected chi connectivity index (χ2v) is 6.47. The Kier molecular flexibility index (Phi) is 5.43. The van der Waals surface area contributed by atoms with Gasteiger partial charge in [-0.15, -0.1) is 0 Å². The zero-order chi connectivity index (χ0) is 17.8. The van der Waals surface area contributed by atoms with Gasteiger partial charge in [-0.2, -0.15) is 0 Å². The third kappa shape index (κ3) is 4.04. The topological polar surface area (TPSA) is 79.9 Å². The second-order valence-electron chi connectivity index (χ2n) is 6.47. The summed E-state index contributed by atoms with van der Waals surface area (Å²) in [6, 6.07) is 5.29. The molecule has 1 aromatic carbocycles. The van der Waals surface area contributed by atoms with Crippen molar-refractivity contribution in [3.8, 4) is 11.5 Å². The first-order chi connectivity index (χ1) is 12.1. The van der Waals surface area contributed by atoms with E-state index in [-0.39, 0.29) is 24.3 Å². The van der Waals surface area contributed by atoms with Crippen molar-refractivity contribution in [2.75, 3.05) is 44.7 Å². The fourth-order valence-corrected chi connectivity index (χ4v) is 2.99. The Hall–Kier alpha value is -2.28. The van der Waals surface area contributed by atoms with Crippen LogP contribution in [0.25, 0.3) is 0 Å². The third-order valence-electron chi connectivity index (χ3n) is 4.76. The molecule has 1 aromatic rings. The van der Waals surface area contributed by atoms with E-state index < -0.39 is 0 Å². The molecule has 0 saturated carbocycles. The van der Waals surface area contributed by atoms with E-state index in [1.54, 1.807) is 23.1 Å². The molecule has 2 heterocycles. The van der Waals surface area contributed by atoms with Crippen LogP contribution in [0.15, 0.2) is 18.2 Å². The third-order valence-corrected chi connectivity index (χ3v) is 4.76. The minimum absolute atomic E-state index is 0.0336. The zero-order valence-electron chi connectivity index (χ0n) is 14.7. The van der Waals surface area contributed by atoms with E-state index in [2.05, 4.69) is 10.6 Å². The molecule has 2 aliphatic rings. The first kappa shape index (κ1) is 17.5. The van der Waals surface area contributed by atoms with Crippen LogP contribution in [0.1, 0.15) is 13.8 Å². The number of benzene rings is 1. The van der Waals surface area contributed by atoms with E-state index in [0.717, 1.165) is 13.1 Å². The molecule has 2 amide bonds. The van der Waals surface area contributed by atoms with Crippen LogP contribution < -0.4 is 20.1 Å². The number of hydrogen-bond acceptors (Lipinski definition) is 5. The quantitative estimate of drug-likeness (QED) is 0.806. The molecule has 3 rings (SSSR count). The van der Waals surface area contributed by atoms with Crippen molar-refractivity contribution in [3.63, 3.8) is 0 Å². The van der Waals surface area contributed by atoms with Gasteiger partial charge in [0.2, 0.25) is 11.8 Å². The van der Waals surface area contributed by atoms with Gasteiger partial charge in [0.1, 0.15) is 13.2 Å². The van der Waals surface area contributed by atoms with Crippen LogP contribution >= 0.6 is 0 Å². The van der Waals surface area contributed by atoms with E-state index in [9.17, 15) is 9.59 Å². The fraction of sp³-hybridized carbons (Fsp3) is 0.556. The van der Waals surface area contributed by atoms with Crippen LogP contribution in [0.3, 0.4) is 0 Å². The molecule has 7 nitrogen and oxygen atoms in total. The van der Waals surface area contributed by atoms with Crippen molar-refractivity contribution >= 4 is 17.5 Å². The first-order valence-corrected chi connectivity index (χ1v) is 8.77. The largest absolute Gasteiger partial charge is 0.486 e. The minimum Gasteiger partial charge on any atom is -0.486 e. The van der Waals surface area contributed by atoms with Crippen LogP contribution in [-0.4, -0.2) is 56.1 Å². The number of rotatable bonds is 6. The molecule has 7 heteroatoms. The Balaban J connectivity index is 1.57. The molecule has 136 valence electrons. The Morgan fingerprint density at radius 3 is 2.64 bits per heavy atom. The monoisotopic (exact) mass is 347 g/mol. The minimum atomic E-state index is -0.217. The maximum atomic E-state index is 12.6. The Morgan fingerprint density at radius 2 is 2.00 bits per heavy atom. The Morgan fingerprint density at radius 1 is 1.28 bits per heavy atom. The highest BCUT2D eigenvalue weighted by molar-refractivity contribution is 5.95. The van der Waals surface area contributed by atoms with Gasteiger partial charge in [0.25, 0.3) is 0 Å². The summed E-state index contributed by atoms with van der Waals surface area (Å²) in [6.07, 6.45) is 0. The standard InChI is InChI=1S/C18H25N3O4/c1-3-21(18(23)12(2)13-9-19-10-13)11-17(22)20-14-4-5-15-16(8-14)25-7-6-24-15/h4-5,8,12-13,19H,3,6-7,9-11H2,1-2H3,(H,20,22). The van der Waals surface area contributed by atoms with Gasteiger partial charge in [-0.25, -0.2) is 0 Å². The lowest BCUT2D eigenvalue weighted by molar-refractivity contribution is -0.139. The predicted molar refractivity (Wildman–Crippen MR) is 93.8 cm³/mol. The molecule has 0 spiro atoms. The van der Waals surface area contributed by atoms with E-state index in [1.165, 1.54) is 0 Å². The van der Waals surface area contributed by atoms with Crippen LogP contribution in [0.5, 0.6) is 11.5 Å². The van der Waals surface area contributed by atoms with Crippen molar-refractivity contribution < 1.29 is 19.1 Å². The van der Waals surface area contributed by atoms with Crippen molar-refractivity contribution in [3.05, 3.63) is 18.2 Å². The van der Waals surface area contributed by atoms with Gasteiger partial charge in [0, 0.05) is 24.2 Å². The summed E-state index contributed by atoms with van der Waals surface area (Å²) in [5.41, 5.74) is 0.633. The lowest BCUT2D eigenvalue weighted by atomic mass is 9.88. The number of carbonyl (C=O) groups is 2. The predicted octanol–water partition coefficient (Wildman–Crippen LogP) is 1.10. The summed E-state index contributed by atoms with van der Waals surface area (Å²) in [7, 11) is 0. The molecule has 2 aliphatic heterocycles. The lowest BCUT2D eigenvalue weighted by Crippen LogP contribution is -2.51. The van der Waals surface area contributed by atoms with Gasteiger partial charge >= 0.3 is 0 Å². The van der Waals surface area contributed by atoms with Gasteiger partial charge in [-0.3, -0.25) is 9.59 Å². The number of fused-ring (bicyclic) bond motifs is 1. The van der Waals surface area contributed by atoms with Crippen molar-refractivity contribution in [1.82, 2.24) is 10.2 Å². The van der Waals surface area contributed by atoms with Crippen LogP contribution in [0.2, 0.25) is 0 Å². The number of likely N-dealkylation sites (N-methyl/N-ethyl adjacent to an activating group) is 1. The molecular formula is C18H25N3O4. The fourth-order valence-electron chi connectivity index (χ4n) is 2.99. The smallest absolute Gasteiger partial charge is 0.243 e. The summed E-state index contributed by atoms with van der Waals surface area (Å²) in [4.78, 5) is 26.5. The normalized spacial score (nSPS) is 17.4. The van der Waals surface area contributed by atoms with Crippen LogP contribution in [0.4, 0.5) is 5.69 Å². The summed E-state index contributed by atoms with van der Waals surface area (Å²) in [6.45, 7) is 7.15. The number of nitrogens with zero attached hydrogens (tertiary/aromatic N) is 1. The molecule has 2 N–H and O–H groups in total. The SMILES string of the molecule is CCN(CC(=O)Nc1ccc2c(c1)OCCO2)C(=O)C(C)C1CNC1. The molecule has 0 bridgehead atoms. The molecule has 1 fully saturated rings. The summed E-state index contributed by atoms with van der Waals surface area (Å²) < 4.78 is 11.0. The van der Waals surface area contributed by atoms with E-state index >= 15 is 0 Å². The van der Waals surface area contributed by atoms with Gasteiger partial charge in [-0.1, -0.05) is 6.92 Å². The van der Waals surface area contributed by atoms with Crippen LogP contribution in [-0.2, 0) is 9.59 Å². The van der Waals surface area contributed by atoms with E-state index in [0.29, 0.717) is 42.9 Å². The molecular weight excluding hydrogens is 322 g/mol. The molecule has 1 unspecified atom stereocenters. The lowest BCUT2D eigenvalue weighted by Gasteiger charge is -2.34. The maximum Gasteiger partial charge on any atom is 0.243 e. The number of anilines is 1. The van der Waals surface area contributed by atoms with Crippen LogP contribution in [0, 0.1) is 11.8 Å². The highest BCUT2D eigenvalue weighted by Crippen LogP contribution is 2.32. The summed E-state index contributed by atoms with van der Waals surface area (Å²) in [5, 5.41) is 6.01. The highest BCUT2D eigenvalue weighted by Gasteiger charge is 2.31. The molecule has 0 aliphatic carbocycles. The number of amides is 2. The second kappa shape index (κ2) is 7.74. The highest BCUT2D eigenvalue weighted by atomic mass is 16.6. The maximum absolute atomic E-state index is 12.6. The van der Waals surface area contributed by atoms with Gasteiger partial charge in [-0.05, 0) is 38.1 Å². The van der Waals surface area contributed by atoms with Gasteiger partial charge in [0.15, 0.2) is 11.5 Å². The van der Waals surface area contributed by atoms with Crippen molar-refractivity contribution in [2.45, 2.75) is 13.8 Å². The Labute approximate surface area is 147 Å². The average molecular weight is 347 g/mol. The van der Waals surface area contributed by atoms with Gasteiger partial charge in [0.05, 0.1) is 6.54 Å².